The zero-order valence-corrected chi connectivity index (χ0v) is 9.14. The van der Waals surface area contributed by atoms with Crippen molar-refractivity contribution in [3.63, 3.8) is 0 Å². The SMILES string of the molecule is Cc1ccncc1NCc1ccc(O)cc1. The Balaban J connectivity index is 2.02. The van der Waals surface area contributed by atoms with Crippen molar-refractivity contribution >= 4 is 5.69 Å². The first-order chi connectivity index (χ1) is 7.75. The first-order valence-electron chi connectivity index (χ1n) is 5.18. The van der Waals surface area contributed by atoms with Crippen molar-refractivity contribution in [1.82, 2.24) is 4.98 Å². The van der Waals surface area contributed by atoms with E-state index in [-0.39, 0.29) is 0 Å². The fraction of sp³-hybridized carbons (Fsp3) is 0.154. The summed E-state index contributed by atoms with van der Waals surface area (Å²) in [6, 6.07) is 9.14. The molecule has 0 saturated carbocycles. The fourth-order valence-electron chi connectivity index (χ4n) is 1.46. The van der Waals surface area contributed by atoms with E-state index < -0.39 is 0 Å². The van der Waals surface area contributed by atoms with E-state index in [0.29, 0.717) is 5.75 Å². The predicted molar refractivity (Wildman–Crippen MR) is 64.4 cm³/mol. The summed E-state index contributed by atoms with van der Waals surface area (Å²) in [6.07, 6.45) is 3.59. The van der Waals surface area contributed by atoms with Crippen LogP contribution in [0.1, 0.15) is 11.1 Å². The summed E-state index contributed by atoms with van der Waals surface area (Å²) in [5.74, 6) is 0.293. The maximum Gasteiger partial charge on any atom is 0.115 e. The van der Waals surface area contributed by atoms with Crippen molar-refractivity contribution in [1.29, 1.82) is 0 Å². The number of pyridine rings is 1. The number of aryl methyl sites for hydroxylation is 1. The summed E-state index contributed by atoms with van der Waals surface area (Å²) in [7, 11) is 0. The van der Waals surface area contributed by atoms with Crippen LogP contribution in [0.15, 0.2) is 42.7 Å². The Bertz CT molecular complexity index is 466. The van der Waals surface area contributed by atoms with Gasteiger partial charge in [0.15, 0.2) is 0 Å². The number of benzene rings is 1. The molecule has 0 fully saturated rings. The molecule has 0 spiro atoms. The molecule has 0 bridgehead atoms. The standard InChI is InChI=1S/C13H14N2O/c1-10-6-7-14-9-13(10)15-8-11-2-4-12(16)5-3-11/h2-7,9,15-16H,8H2,1H3. The lowest BCUT2D eigenvalue weighted by atomic mass is 10.2. The molecule has 3 nitrogen and oxygen atoms in total. The molecule has 0 aliphatic heterocycles. The number of nitrogens with one attached hydrogen (secondary N) is 1. The Morgan fingerprint density at radius 3 is 2.62 bits per heavy atom. The second-order valence-corrected chi connectivity index (χ2v) is 3.71. The van der Waals surface area contributed by atoms with Crippen molar-refractivity contribution in [2.75, 3.05) is 5.32 Å². The number of hydrogen-bond acceptors (Lipinski definition) is 3. The van der Waals surface area contributed by atoms with Crippen LogP contribution in [0.25, 0.3) is 0 Å². The lowest BCUT2D eigenvalue weighted by Gasteiger charge is -2.08. The van der Waals surface area contributed by atoms with Gasteiger partial charge >= 0.3 is 0 Å². The van der Waals surface area contributed by atoms with E-state index in [0.717, 1.165) is 17.8 Å². The lowest BCUT2D eigenvalue weighted by molar-refractivity contribution is 0.475. The monoisotopic (exact) mass is 214 g/mol. The van der Waals surface area contributed by atoms with Gasteiger partial charge in [0.1, 0.15) is 5.75 Å². The number of rotatable bonds is 3. The fourth-order valence-corrected chi connectivity index (χ4v) is 1.46. The van der Waals surface area contributed by atoms with E-state index in [4.69, 9.17) is 5.11 Å². The lowest BCUT2D eigenvalue weighted by Crippen LogP contribution is -2.01. The van der Waals surface area contributed by atoms with E-state index in [9.17, 15) is 0 Å². The van der Waals surface area contributed by atoms with Crippen LogP contribution >= 0.6 is 0 Å². The molecule has 0 amide bonds. The van der Waals surface area contributed by atoms with Crippen LogP contribution in [0.4, 0.5) is 5.69 Å². The third kappa shape index (κ3) is 2.51. The zero-order chi connectivity index (χ0) is 11.4. The quantitative estimate of drug-likeness (QED) is 0.825. The molecule has 0 atom stereocenters. The Labute approximate surface area is 94.8 Å². The zero-order valence-electron chi connectivity index (χ0n) is 9.14. The second-order valence-electron chi connectivity index (χ2n) is 3.71. The number of phenols is 1. The van der Waals surface area contributed by atoms with Gasteiger partial charge in [-0.15, -0.1) is 0 Å². The molecule has 82 valence electrons. The Hall–Kier alpha value is -2.03. The normalized spacial score (nSPS) is 10.1. The third-order valence-electron chi connectivity index (χ3n) is 2.46. The van der Waals surface area contributed by atoms with Crippen LogP contribution in [-0.4, -0.2) is 10.1 Å². The summed E-state index contributed by atoms with van der Waals surface area (Å²) in [4.78, 5) is 4.07. The van der Waals surface area contributed by atoms with Crippen molar-refractivity contribution in [3.05, 3.63) is 53.9 Å². The van der Waals surface area contributed by atoms with Crippen molar-refractivity contribution in [2.24, 2.45) is 0 Å². The van der Waals surface area contributed by atoms with E-state index in [1.807, 2.05) is 31.3 Å². The van der Waals surface area contributed by atoms with Crippen LogP contribution in [0.2, 0.25) is 0 Å². The maximum absolute atomic E-state index is 9.16. The summed E-state index contributed by atoms with van der Waals surface area (Å²) < 4.78 is 0. The molecule has 2 rings (SSSR count). The highest BCUT2D eigenvalue weighted by Gasteiger charge is 1.97. The highest BCUT2D eigenvalue weighted by Crippen LogP contribution is 2.14. The molecule has 16 heavy (non-hydrogen) atoms. The average molecular weight is 214 g/mol. The number of phenolic OH excluding ortho intramolecular Hbond substituents is 1. The van der Waals surface area contributed by atoms with E-state index in [2.05, 4.69) is 10.3 Å². The van der Waals surface area contributed by atoms with Gasteiger partial charge < -0.3 is 10.4 Å². The molecule has 1 aromatic carbocycles. The van der Waals surface area contributed by atoms with Gasteiger partial charge in [-0.05, 0) is 36.2 Å². The molecule has 3 heteroatoms. The number of nitrogens with zero attached hydrogens (tertiary/aromatic N) is 1. The number of hydrogen-bond donors (Lipinski definition) is 2. The summed E-state index contributed by atoms with van der Waals surface area (Å²) >= 11 is 0. The Morgan fingerprint density at radius 1 is 1.19 bits per heavy atom. The minimum atomic E-state index is 0.293. The Morgan fingerprint density at radius 2 is 1.94 bits per heavy atom. The first-order valence-corrected chi connectivity index (χ1v) is 5.18. The molecule has 0 aliphatic rings. The molecule has 0 unspecified atom stereocenters. The summed E-state index contributed by atoms with van der Waals surface area (Å²) in [6.45, 7) is 2.77. The van der Waals surface area contributed by atoms with Gasteiger partial charge in [-0.3, -0.25) is 4.98 Å². The topological polar surface area (TPSA) is 45.2 Å². The highest BCUT2D eigenvalue weighted by molar-refractivity contribution is 5.48. The predicted octanol–water partition coefficient (Wildman–Crippen LogP) is 2.71. The summed E-state index contributed by atoms with van der Waals surface area (Å²) in [5, 5.41) is 12.5. The van der Waals surface area contributed by atoms with Crippen molar-refractivity contribution < 1.29 is 5.11 Å². The largest absolute Gasteiger partial charge is 0.508 e. The second kappa shape index (κ2) is 4.66. The molecule has 0 aliphatic carbocycles. The highest BCUT2D eigenvalue weighted by atomic mass is 16.3. The molecule has 0 radical (unpaired) electrons. The van der Waals surface area contributed by atoms with E-state index >= 15 is 0 Å². The molecule has 2 N–H and O–H groups in total. The van der Waals surface area contributed by atoms with E-state index in [1.165, 1.54) is 5.56 Å². The number of aromatic nitrogens is 1. The first kappa shape index (κ1) is 10.5. The van der Waals surface area contributed by atoms with Gasteiger partial charge in [0.05, 0.1) is 11.9 Å². The number of aromatic hydroxyl groups is 1. The van der Waals surface area contributed by atoms with Gasteiger partial charge in [0.2, 0.25) is 0 Å². The molecular formula is C13H14N2O. The molecule has 1 aromatic heterocycles. The molecule has 1 heterocycles. The van der Waals surface area contributed by atoms with Gasteiger partial charge in [0, 0.05) is 12.7 Å². The molecule has 2 aromatic rings. The van der Waals surface area contributed by atoms with Crippen LogP contribution in [-0.2, 0) is 6.54 Å². The smallest absolute Gasteiger partial charge is 0.115 e. The minimum absolute atomic E-state index is 0.293. The number of anilines is 1. The molecular weight excluding hydrogens is 200 g/mol. The van der Waals surface area contributed by atoms with Gasteiger partial charge in [-0.1, -0.05) is 12.1 Å². The van der Waals surface area contributed by atoms with Crippen LogP contribution in [0.5, 0.6) is 5.75 Å². The van der Waals surface area contributed by atoms with Crippen molar-refractivity contribution in [2.45, 2.75) is 13.5 Å². The Kier molecular flexibility index (Phi) is 3.05. The third-order valence-corrected chi connectivity index (χ3v) is 2.46. The summed E-state index contributed by atoms with van der Waals surface area (Å²) in [5.41, 5.74) is 3.34. The van der Waals surface area contributed by atoms with Crippen LogP contribution in [0.3, 0.4) is 0 Å². The molecule has 0 saturated heterocycles. The van der Waals surface area contributed by atoms with Gasteiger partial charge in [-0.25, -0.2) is 0 Å². The van der Waals surface area contributed by atoms with Gasteiger partial charge in [-0.2, -0.15) is 0 Å². The van der Waals surface area contributed by atoms with Crippen LogP contribution < -0.4 is 5.32 Å². The average Bonchev–Trinajstić information content (AvgIpc) is 2.30. The van der Waals surface area contributed by atoms with Crippen molar-refractivity contribution in [3.8, 4) is 5.75 Å². The maximum atomic E-state index is 9.16. The van der Waals surface area contributed by atoms with E-state index in [1.54, 1.807) is 18.3 Å². The van der Waals surface area contributed by atoms with Gasteiger partial charge in [0.25, 0.3) is 0 Å². The van der Waals surface area contributed by atoms with Crippen LogP contribution in [0, 0.1) is 6.92 Å². The minimum Gasteiger partial charge on any atom is -0.508 e.